The van der Waals surface area contributed by atoms with Crippen LogP contribution in [0.5, 0.6) is 0 Å². The van der Waals surface area contributed by atoms with Gasteiger partial charge in [0.25, 0.3) is 0 Å². The minimum absolute atomic E-state index is 0.205. The zero-order chi connectivity index (χ0) is 11.1. The number of pyridine rings is 1. The van der Waals surface area contributed by atoms with Gasteiger partial charge in [-0.1, -0.05) is 0 Å². The molecule has 0 aromatic carbocycles. The largest absolute Gasteiger partial charge is 0.387 e. The highest BCUT2D eigenvalue weighted by Gasteiger charge is 2.27. The van der Waals surface area contributed by atoms with Crippen molar-refractivity contribution in [3.05, 3.63) is 23.7 Å². The van der Waals surface area contributed by atoms with E-state index in [1.165, 1.54) is 12.8 Å². The van der Waals surface area contributed by atoms with Crippen LogP contribution in [0, 0.1) is 0 Å². The Labute approximate surface area is 92.7 Å². The van der Waals surface area contributed by atoms with Crippen LogP contribution in [0.15, 0.2) is 12.3 Å². The lowest BCUT2D eigenvalue weighted by Gasteiger charge is -2.07. The maximum atomic E-state index is 9.79. The van der Waals surface area contributed by atoms with Crippen LogP contribution in [0.4, 0.5) is 0 Å². The first kappa shape index (κ1) is 9.74. The number of aliphatic hydroxyl groups excluding tert-OH is 1. The third kappa shape index (κ3) is 1.48. The number of nitrogens with two attached hydrogens (primary N) is 1. The number of nitrogens with zero attached hydrogens (tertiary/aromatic N) is 2. The molecule has 2 aromatic rings. The lowest BCUT2D eigenvalue weighted by atomic mass is 10.1. The van der Waals surface area contributed by atoms with Crippen LogP contribution < -0.4 is 5.73 Å². The molecular formula is C11H14N4O. The first-order valence-corrected chi connectivity index (χ1v) is 5.52. The summed E-state index contributed by atoms with van der Waals surface area (Å²) in [5.74, 6) is 1.54. The molecule has 16 heavy (non-hydrogen) atoms. The van der Waals surface area contributed by atoms with E-state index in [9.17, 15) is 5.11 Å². The highest BCUT2D eigenvalue weighted by Crippen LogP contribution is 2.39. The molecule has 0 saturated heterocycles. The first-order valence-electron chi connectivity index (χ1n) is 5.52. The number of H-pyrrole nitrogens is 1. The number of rotatable bonds is 3. The average molecular weight is 218 g/mol. The van der Waals surface area contributed by atoms with E-state index in [-0.39, 0.29) is 6.54 Å². The van der Waals surface area contributed by atoms with Gasteiger partial charge >= 0.3 is 0 Å². The predicted molar refractivity (Wildman–Crippen MR) is 59.9 cm³/mol. The summed E-state index contributed by atoms with van der Waals surface area (Å²) in [7, 11) is 0. The smallest absolute Gasteiger partial charge is 0.178 e. The van der Waals surface area contributed by atoms with E-state index in [1.807, 2.05) is 0 Å². The standard InChI is InChI=1S/C11H14N4O/c12-5-8(16)7-3-4-13-11-9(7)14-10(15-11)6-1-2-6/h3-4,6,8,16H,1-2,5,12H2,(H,13,14,15). The number of aromatic nitrogens is 3. The number of nitrogens with one attached hydrogen (secondary N) is 1. The van der Waals surface area contributed by atoms with Crippen molar-refractivity contribution in [1.29, 1.82) is 0 Å². The molecule has 4 N–H and O–H groups in total. The van der Waals surface area contributed by atoms with Gasteiger partial charge in [-0.15, -0.1) is 0 Å². The van der Waals surface area contributed by atoms with Crippen LogP contribution in [0.1, 0.15) is 36.3 Å². The molecule has 1 aliphatic rings. The molecule has 1 saturated carbocycles. The molecule has 1 fully saturated rings. The molecule has 0 spiro atoms. The van der Waals surface area contributed by atoms with Gasteiger partial charge in [-0.2, -0.15) is 0 Å². The van der Waals surface area contributed by atoms with E-state index < -0.39 is 6.10 Å². The number of fused-ring (bicyclic) bond motifs is 1. The molecule has 0 bridgehead atoms. The maximum Gasteiger partial charge on any atom is 0.178 e. The van der Waals surface area contributed by atoms with Crippen LogP contribution >= 0.6 is 0 Å². The van der Waals surface area contributed by atoms with Crippen molar-refractivity contribution in [3.63, 3.8) is 0 Å². The highest BCUT2D eigenvalue weighted by molar-refractivity contribution is 5.75. The Morgan fingerprint density at radius 2 is 2.38 bits per heavy atom. The molecule has 5 heteroatoms. The Hall–Kier alpha value is -1.46. The third-order valence-corrected chi connectivity index (χ3v) is 2.99. The fraction of sp³-hybridized carbons (Fsp3) is 0.455. The number of hydrogen-bond acceptors (Lipinski definition) is 4. The Kier molecular flexibility index (Phi) is 2.15. The Bertz CT molecular complexity index is 518. The summed E-state index contributed by atoms with van der Waals surface area (Å²) in [5.41, 5.74) is 7.75. The van der Waals surface area contributed by atoms with E-state index in [2.05, 4.69) is 15.0 Å². The molecule has 0 amide bonds. The molecule has 84 valence electrons. The molecular weight excluding hydrogens is 204 g/mol. The summed E-state index contributed by atoms with van der Waals surface area (Å²) in [4.78, 5) is 11.9. The molecule has 5 nitrogen and oxygen atoms in total. The van der Waals surface area contributed by atoms with Gasteiger partial charge in [-0.25, -0.2) is 9.97 Å². The number of aliphatic hydroxyl groups is 1. The molecule has 2 heterocycles. The van der Waals surface area contributed by atoms with Crippen molar-refractivity contribution in [3.8, 4) is 0 Å². The molecule has 0 aliphatic heterocycles. The summed E-state index contributed by atoms with van der Waals surface area (Å²) in [6, 6.07) is 1.79. The van der Waals surface area contributed by atoms with Gasteiger partial charge in [0.1, 0.15) is 5.82 Å². The molecule has 2 aromatic heterocycles. The van der Waals surface area contributed by atoms with Crippen molar-refractivity contribution in [2.45, 2.75) is 24.9 Å². The van der Waals surface area contributed by atoms with Crippen molar-refractivity contribution in [2.24, 2.45) is 5.73 Å². The average Bonchev–Trinajstić information content (AvgIpc) is 3.07. The second kappa shape index (κ2) is 3.54. The van der Waals surface area contributed by atoms with E-state index in [0.29, 0.717) is 11.6 Å². The van der Waals surface area contributed by atoms with Crippen LogP contribution in [-0.2, 0) is 0 Å². The number of aromatic amines is 1. The van der Waals surface area contributed by atoms with E-state index in [4.69, 9.17) is 5.73 Å². The van der Waals surface area contributed by atoms with Gasteiger partial charge < -0.3 is 15.8 Å². The summed E-state index contributed by atoms with van der Waals surface area (Å²) in [5, 5.41) is 9.79. The second-order valence-corrected chi connectivity index (χ2v) is 4.25. The summed E-state index contributed by atoms with van der Waals surface area (Å²) in [6.07, 6.45) is 3.38. The Balaban J connectivity index is 2.13. The van der Waals surface area contributed by atoms with Crippen LogP contribution in [-0.4, -0.2) is 26.6 Å². The minimum Gasteiger partial charge on any atom is -0.387 e. The Morgan fingerprint density at radius 3 is 3.06 bits per heavy atom. The molecule has 0 radical (unpaired) electrons. The van der Waals surface area contributed by atoms with Gasteiger partial charge in [0.2, 0.25) is 0 Å². The summed E-state index contributed by atoms with van der Waals surface area (Å²) >= 11 is 0. The van der Waals surface area contributed by atoms with Crippen LogP contribution in [0.25, 0.3) is 11.2 Å². The molecule has 1 aliphatic carbocycles. The fourth-order valence-corrected chi connectivity index (χ4v) is 1.90. The van der Waals surface area contributed by atoms with E-state index >= 15 is 0 Å². The quantitative estimate of drug-likeness (QED) is 0.712. The third-order valence-electron chi connectivity index (χ3n) is 2.99. The topological polar surface area (TPSA) is 87.8 Å². The minimum atomic E-state index is -0.655. The van der Waals surface area contributed by atoms with Crippen molar-refractivity contribution in [1.82, 2.24) is 15.0 Å². The normalized spacial score (nSPS) is 17.9. The summed E-state index contributed by atoms with van der Waals surface area (Å²) < 4.78 is 0. The van der Waals surface area contributed by atoms with E-state index in [1.54, 1.807) is 12.3 Å². The zero-order valence-corrected chi connectivity index (χ0v) is 8.85. The monoisotopic (exact) mass is 218 g/mol. The lowest BCUT2D eigenvalue weighted by molar-refractivity contribution is 0.188. The van der Waals surface area contributed by atoms with Crippen molar-refractivity contribution < 1.29 is 5.11 Å². The predicted octanol–water partition coefficient (Wildman–Crippen LogP) is 0.827. The lowest BCUT2D eigenvalue weighted by Crippen LogP contribution is -2.12. The second-order valence-electron chi connectivity index (χ2n) is 4.25. The zero-order valence-electron chi connectivity index (χ0n) is 8.85. The number of imidazole rings is 1. The van der Waals surface area contributed by atoms with E-state index in [0.717, 1.165) is 16.9 Å². The highest BCUT2D eigenvalue weighted by atomic mass is 16.3. The van der Waals surface area contributed by atoms with Gasteiger partial charge in [-0.05, 0) is 18.9 Å². The van der Waals surface area contributed by atoms with Gasteiger partial charge in [0.15, 0.2) is 5.65 Å². The van der Waals surface area contributed by atoms with Gasteiger partial charge in [0, 0.05) is 24.2 Å². The van der Waals surface area contributed by atoms with Crippen LogP contribution in [0.3, 0.4) is 0 Å². The van der Waals surface area contributed by atoms with Gasteiger partial charge in [-0.3, -0.25) is 0 Å². The SMILES string of the molecule is NCC(O)c1ccnc2nc(C3CC3)[nH]c12. The molecule has 1 unspecified atom stereocenters. The Morgan fingerprint density at radius 1 is 1.56 bits per heavy atom. The fourth-order valence-electron chi connectivity index (χ4n) is 1.90. The van der Waals surface area contributed by atoms with Crippen molar-refractivity contribution in [2.75, 3.05) is 6.54 Å². The van der Waals surface area contributed by atoms with Gasteiger partial charge in [0.05, 0.1) is 11.6 Å². The summed E-state index contributed by atoms with van der Waals surface area (Å²) in [6.45, 7) is 0.205. The molecule has 1 atom stereocenters. The molecule has 3 rings (SSSR count). The maximum absolute atomic E-state index is 9.79. The van der Waals surface area contributed by atoms with Crippen LogP contribution in [0.2, 0.25) is 0 Å². The number of hydrogen-bond donors (Lipinski definition) is 3. The van der Waals surface area contributed by atoms with Crippen molar-refractivity contribution >= 4 is 11.2 Å². The first-order chi connectivity index (χ1) is 7.79.